The van der Waals surface area contributed by atoms with Crippen LogP contribution < -0.4 is 18.9 Å². The molecule has 6 rings (SSSR count). The Hall–Kier alpha value is -4.14. The molecule has 0 aromatic heterocycles. The molecule has 0 amide bonds. The normalized spacial score (nSPS) is 17.9. The molecular formula is C33H32O11S2. The van der Waals surface area contributed by atoms with Gasteiger partial charge in [0.05, 0.1) is 32.8 Å². The van der Waals surface area contributed by atoms with Crippen molar-refractivity contribution in [3.63, 3.8) is 0 Å². The van der Waals surface area contributed by atoms with Gasteiger partial charge in [0.15, 0.2) is 0 Å². The lowest BCUT2D eigenvalue weighted by Crippen LogP contribution is -2.25. The van der Waals surface area contributed by atoms with Crippen LogP contribution in [0.4, 0.5) is 0 Å². The average molecular weight is 669 g/mol. The van der Waals surface area contributed by atoms with Gasteiger partial charge in [0.25, 0.3) is 0 Å². The van der Waals surface area contributed by atoms with Gasteiger partial charge in [-0.3, -0.25) is 0 Å². The molecule has 13 heteroatoms. The van der Waals surface area contributed by atoms with Crippen LogP contribution in [0.5, 0.6) is 23.0 Å². The van der Waals surface area contributed by atoms with Gasteiger partial charge in [-0.2, -0.15) is 0 Å². The zero-order chi connectivity index (χ0) is 32.1. The van der Waals surface area contributed by atoms with E-state index in [4.69, 9.17) is 28.4 Å². The molecular weight excluding hydrogens is 636 g/mol. The van der Waals surface area contributed by atoms with E-state index in [1.54, 1.807) is 24.3 Å². The Kier molecular flexibility index (Phi) is 9.47. The van der Waals surface area contributed by atoms with Gasteiger partial charge < -0.3 is 33.5 Å². The van der Waals surface area contributed by atoms with E-state index in [0.717, 1.165) is 0 Å². The molecule has 0 radical (unpaired) electrons. The van der Waals surface area contributed by atoms with E-state index < -0.39 is 25.8 Å². The lowest BCUT2D eigenvalue weighted by Gasteiger charge is -2.14. The predicted molar refractivity (Wildman–Crippen MR) is 164 cm³/mol. The summed E-state index contributed by atoms with van der Waals surface area (Å²) >= 11 is 0. The van der Waals surface area contributed by atoms with Gasteiger partial charge in [0.1, 0.15) is 67.7 Å². The summed E-state index contributed by atoms with van der Waals surface area (Å²) in [5, 5.41) is 10.3. The van der Waals surface area contributed by atoms with Crippen LogP contribution in [0.1, 0.15) is 0 Å². The topological polar surface area (TPSA) is 150 Å². The summed E-state index contributed by atoms with van der Waals surface area (Å²) in [6, 6.07) is 24.2. The zero-order valence-electron chi connectivity index (χ0n) is 24.6. The molecule has 2 saturated heterocycles. The van der Waals surface area contributed by atoms with Gasteiger partial charge >= 0.3 is 0 Å². The SMILES string of the molecule is O=S(=O)(c1ccc(OCC(O)COc2ccc(S(=O)(=O)c3ccc(OC[C@H]4CO4)cc3)cc2)cc1)c1ccc(OC[C@@H]2CO2)cc1. The zero-order valence-corrected chi connectivity index (χ0v) is 26.2. The standard InChI is InChI=1S/C33H32O11S2/c34-23(17-39-24-1-9-30(10-2-24)45(35,36)32-13-5-26(6-14-32)41-19-28-21-43-28)18-40-25-3-11-31(12-4-25)46(37,38)33-15-7-27(8-16-33)42-20-29-22-44-29/h1-16,23,28-29,34H,17-22H2/t23?,28-,29+. The number of aliphatic hydroxyl groups is 1. The molecule has 0 saturated carbocycles. The van der Waals surface area contributed by atoms with Gasteiger partial charge in [0.2, 0.25) is 19.7 Å². The number of hydrogen-bond donors (Lipinski definition) is 1. The Morgan fingerprint density at radius 1 is 0.522 bits per heavy atom. The van der Waals surface area contributed by atoms with Gasteiger partial charge in [-0.15, -0.1) is 0 Å². The van der Waals surface area contributed by atoms with E-state index in [9.17, 15) is 21.9 Å². The highest BCUT2D eigenvalue weighted by atomic mass is 32.2. The molecule has 1 N–H and O–H groups in total. The average Bonchev–Trinajstić information content (AvgIpc) is 4.01. The fourth-order valence-corrected chi connectivity index (χ4v) is 6.79. The van der Waals surface area contributed by atoms with E-state index in [1.807, 2.05) is 0 Å². The lowest BCUT2D eigenvalue weighted by molar-refractivity contribution is 0.0626. The molecule has 2 heterocycles. The molecule has 4 aromatic rings. The van der Waals surface area contributed by atoms with Crippen molar-refractivity contribution in [1.29, 1.82) is 0 Å². The van der Waals surface area contributed by atoms with Crippen molar-refractivity contribution in [2.75, 3.05) is 39.6 Å². The number of epoxide rings is 2. The van der Waals surface area contributed by atoms with E-state index in [0.29, 0.717) is 49.4 Å². The minimum atomic E-state index is -3.75. The molecule has 242 valence electrons. The van der Waals surface area contributed by atoms with E-state index >= 15 is 0 Å². The van der Waals surface area contributed by atoms with Crippen LogP contribution in [-0.2, 0) is 29.1 Å². The lowest BCUT2D eigenvalue weighted by atomic mass is 10.3. The Labute approximate surface area is 267 Å². The Morgan fingerprint density at radius 2 is 0.783 bits per heavy atom. The molecule has 2 aliphatic heterocycles. The fourth-order valence-electron chi connectivity index (χ4n) is 4.27. The van der Waals surface area contributed by atoms with Crippen LogP contribution in [-0.4, -0.2) is 79.9 Å². The number of aliphatic hydroxyl groups excluding tert-OH is 1. The van der Waals surface area contributed by atoms with Crippen LogP contribution in [0.25, 0.3) is 0 Å². The van der Waals surface area contributed by atoms with Crippen molar-refractivity contribution in [3.8, 4) is 23.0 Å². The van der Waals surface area contributed by atoms with E-state index in [-0.39, 0.29) is 45.0 Å². The molecule has 46 heavy (non-hydrogen) atoms. The van der Waals surface area contributed by atoms with Crippen molar-refractivity contribution in [2.24, 2.45) is 0 Å². The minimum absolute atomic E-state index is 0.0969. The molecule has 2 fully saturated rings. The minimum Gasteiger partial charge on any atom is -0.491 e. The maximum absolute atomic E-state index is 13.0. The highest BCUT2D eigenvalue weighted by Gasteiger charge is 2.24. The Morgan fingerprint density at radius 3 is 1.04 bits per heavy atom. The van der Waals surface area contributed by atoms with E-state index in [2.05, 4.69) is 0 Å². The monoisotopic (exact) mass is 668 g/mol. The number of sulfone groups is 2. The van der Waals surface area contributed by atoms with Crippen molar-refractivity contribution in [2.45, 2.75) is 37.9 Å². The van der Waals surface area contributed by atoms with Crippen molar-refractivity contribution < 1.29 is 50.4 Å². The second-order valence-electron chi connectivity index (χ2n) is 10.7. The highest BCUT2D eigenvalue weighted by molar-refractivity contribution is 7.91. The molecule has 2 aliphatic rings. The molecule has 0 aliphatic carbocycles. The fraction of sp³-hybridized carbons (Fsp3) is 0.273. The maximum Gasteiger partial charge on any atom is 0.206 e. The molecule has 3 atom stereocenters. The van der Waals surface area contributed by atoms with Gasteiger partial charge in [-0.1, -0.05) is 0 Å². The first-order chi connectivity index (χ1) is 22.2. The molecule has 11 nitrogen and oxygen atoms in total. The second kappa shape index (κ2) is 13.7. The Bertz CT molecular complexity index is 1680. The summed E-state index contributed by atoms with van der Waals surface area (Å²) in [5.74, 6) is 1.87. The molecule has 0 spiro atoms. The number of ether oxygens (including phenoxy) is 6. The number of hydrogen-bond acceptors (Lipinski definition) is 11. The molecule has 1 unspecified atom stereocenters. The maximum atomic E-state index is 13.0. The summed E-state index contributed by atoms with van der Waals surface area (Å²) < 4.78 is 84.6. The van der Waals surface area contributed by atoms with Gasteiger partial charge in [-0.25, -0.2) is 16.8 Å². The van der Waals surface area contributed by atoms with Crippen molar-refractivity contribution in [1.82, 2.24) is 0 Å². The first-order valence-electron chi connectivity index (χ1n) is 14.5. The van der Waals surface area contributed by atoms with Crippen molar-refractivity contribution >= 4 is 19.7 Å². The summed E-state index contributed by atoms with van der Waals surface area (Å²) in [6.45, 7) is 1.99. The smallest absolute Gasteiger partial charge is 0.206 e. The summed E-state index contributed by atoms with van der Waals surface area (Å²) in [5.41, 5.74) is 0. The first-order valence-corrected chi connectivity index (χ1v) is 17.5. The largest absolute Gasteiger partial charge is 0.491 e. The van der Waals surface area contributed by atoms with Crippen LogP contribution in [0.15, 0.2) is 117 Å². The Balaban J connectivity index is 0.959. The third kappa shape index (κ3) is 8.17. The molecule has 4 aromatic carbocycles. The quantitative estimate of drug-likeness (QED) is 0.174. The summed E-state index contributed by atoms with van der Waals surface area (Å²) in [7, 11) is -7.49. The van der Waals surface area contributed by atoms with Crippen LogP contribution in [0.2, 0.25) is 0 Å². The summed E-state index contributed by atoms with van der Waals surface area (Å²) in [4.78, 5) is 0.460. The van der Waals surface area contributed by atoms with Gasteiger partial charge in [0, 0.05) is 0 Å². The van der Waals surface area contributed by atoms with E-state index in [1.165, 1.54) is 72.8 Å². The number of rotatable bonds is 16. The van der Waals surface area contributed by atoms with Crippen LogP contribution >= 0.6 is 0 Å². The van der Waals surface area contributed by atoms with Crippen molar-refractivity contribution in [3.05, 3.63) is 97.1 Å². The van der Waals surface area contributed by atoms with Crippen LogP contribution in [0, 0.1) is 0 Å². The van der Waals surface area contributed by atoms with Gasteiger partial charge in [-0.05, 0) is 97.1 Å². The number of benzene rings is 4. The third-order valence-electron chi connectivity index (χ3n) is 7.10. The highest BCUT2D eigenvalue weighted by Crippen LogP contribution is 2.27. The van der Waals surface area contributed by atoms with Crippen LogP contribution in [0.3, 0.4) is 0 Å². The second-order valence-corrected chi connectivity index (χ2v) is 14.6. The first kappa shape index (κ1) is 31.8. The third-order valence-corrected chi connectivity index (χ3v) is 10.7. The summed E-state index contributed by atoms with van der Waals surface area (Å²) in [6.07, 6.45) is -0.799. The predicted octanol–water partition coefficient (Wildman–Crippen LogP) is 3.73. The molecule has 0 bridgehead atoms.